The zero-order valence-electron chi connectivity index (χ0n) is 14.6. The number of amides is 1. The van der Waals surface area contributed by atoms with E-state index in [1.165, 1.54) is 23.5 Å². The molecule has 4 aromatic rings. The van der Waals surface area contributed by atoms with Crippen molar-refractivity contribution in [3.8, 4) is 11.3 Å². The van der Waals surface area contributed by atoms with E-state index in [9.17, 15) is 9.18 Å². The Bertz CT molecular complexity index is 1070. The second-order valence-electron chi connectivity index (χ2n) is 6.28. The zero-order chi connectivity index (χ0) is 18.6. The lowest BCUT2D eigenvalue weighted by Gasteiger charge is -2.05. The fourth-order valence-electron chi connectivity index (χ4n) is 2.97. The number of carbonyl (C=O) groups excluding carboxylic acids is 1. The summed E-state index contributed by atoms with van der Waals surface area (Å²) in [4.78, 5) is 17.8. The molecule has 1 N–H and O–H groups in total. The molecule has 0 unspecified atom stereocenters. The van der Waals surface area contributed by atoms with E-state index >= 15 is 0 Å². The van der Waals surface area contributed by atoms with E-state index in [0.717, 1.165) is 27.5 Å². The summed E-state index contributed by atoms with van der Waals surface area (Å²) in [7, 11) is 0. The minimum absolute atomic E-state index is 0.0546. The molecule has 0 bridgehead atoms. The van der Waals surface area contributed by atoms with Crippen LogP contribution in [-0.4, -0.2) is 21.8 Å². The van der Waals surface area contributed by atoms with Gasteiger partial charge >= 0.3 is 0 Å². The van der Waals surface area contributed by atoms with Crippen molar-refractivity contribution in [1.29, 1.82) is 0 Å². The molecule has 2 aromatic carbocycles. The van der Waals surface area contributed by atoms with Crippen LogP contribution in [0, 0.1) is 5.82 Å². The molecule has 4 nitrogen and oxygen atoms in total. The van der Waals surface area contributed by atoms with Gasteiger partial charge in [-0.15, -0.1) is 11.3 Å². The van der Waals surface area contributed by atoms with E-state index in [0.29, 0.717) is 13.0 Å². The van der Waals surface area contributed by atoms with Crippen molar-refractivity contribution in [3.63, 3.8) is 0 Å². The lowest BCUT2D eigenvalue weighted by molar-refractivity contribution is -0.120. The number of aromatic nitrogens is 2. The van der Waals surface area contributed by atoms with Crippen LogP contribution in [0.3, 0.4) is 0 Å². The van der Waals surface area contributed by atoms with Gasteiger partial charge in [-0.1, -0.05) is 42.5 Å². The molecule has 0 aliphatic carbocycles. The Labute approximate surface area is 160 Å². The number of hydrogen-bond acceptors (Lipinski definition) is 3. The van der Waals surface area contributed by atoms with E-state index < -0.39 is 0 Å². The minimum Gasteiger partial charge on any atom is -0.355 e. The number of fused-ring (bicyclic) bond motifs is 1. The number of hydrogen-bond donors (Lipinski definition) is 1. The average Bonchev–Trinajstić information content (AvgIpc) is 3.25. The highest BCUT2D eigenvalue weighted by Crippen LogP contribution is 2.23. The lowest BCUT2D eigenvalue weighted by Crippen LogP contribution is -2.27. The summed E-state index contributed by atoms with van der Waals surface area (Å²) in [6, 6.07) is 16.4. The summed E-state index contributed by atoms with van der Waals surface area (Å²) in [6.07, 6.45) is 2.86. The summed E-state index contributed by atoms with van der Waals surface area (Å²) in [5.74, 6) is -0.310. The van der Waals surface area contributed by atoms with Crippen LogP contribution in [0.2, 0.25) is 0 Å². The number of halogens is 1. The van der Waals surface area contributed by atoms with Crippen molar-refractivity contribution < 1.29 is 9.18 Å². The fraction of sp³-hybridized carbons (Fsp3) is 0.143. The highest BCUT2D eigenvalue weighted by molar-refractivity contribution is 7.15. The van der Waals surface area contributed by atoms with E-state index in [4.69, 9.17) is 0 Å². The number of carbonyl (C=O) groups is 1. The van der Waals surface area contributed by atoms with Gasteiger partial charge in [0.2, 0.25) is 5.91 Å². The van der Waals surface area contributed by atoms with E-state index in [-0.39, 0.29) is 18.1 Å². The van der Waals surface area contributed by atoms with Crippen LogP contribution in [0.5, 0.6) is 0 Å². The number of nitrogens with one attached hydrogen (secondary N) is 1. The van der Waals surface area contributed by atoms with Crippen LogP contribution < -0.4 is 5.32 Å². The first kappa shape index (κ1) is 17.4. The van der Waals surface area contributed by atoms with Crippen LogP contribution in [0.1, 0.15) is 11.3 Å². The van der Waals surface area contributed by atoms with Gasteiger partial charge in [-0.05, 0) is 24.1 Å². The van der Waals surface area contributed by atoms with E-state index in [2.05, 4.69) is 10.3 Å². The first-order valence-electron chi connectivity index (χ1n) is 8.71. The normalized spacial score (nSPS) is 11.0. The zero-order valence-corrected chi connectivity index (χ0v) is 15.4. The Hall–Kier alpha value is -2.99. The SMILES string of the molecule is O=C(Cc1csc2nc(-c3ccccc3)cn12)NCCc1cccc(F)c1. The first-order valence-corrected chi connectivity index (χ1v) is 9.59. The molecule has 0 radical (unpaired) electrons. The lowest BCUT2D eigenvalue weighted by atomic mass is 10.1. The van der Waals surface area contributed by atoms with Gasteiger partial charge in [-0.2, -0.15) is 0 Å². The van der Waals surface area contributed by atoms with Crippen molar-refractivity contribution in [2.75, 3.05) is 6.54 Å². The quantitative estimate of drug-likeness (QED) is 0.548. The van der Waals surface area contributed by atoms with Crippen LogP contribution in [0.15, 0.2) is 66.2 Å². The topological polar surface area (TPSA) is 46.4 Å². The molecule has 0 atom stereocenters. The predicted molar refractivity (Wildman–Crippen MR) is 105 cm³/mol. The third-order valence-corrected chi connectivity index (χ3v) is 5.21. The Morgan fingerprint density at radius 3 is 2.81 bits per heavy atom. The Morgan fingerprint density at radius 2 is 2.00 bits per heavy atom. The average molecular weight is 379 g/mol. The minimum atomic E-state index is -0.256. The molecule has 2 aromatic heterocycles. The molecule has 0 aliphatic rings. The molecule has 2 heterocycles. The van der Waals surface area contributed by atoms with Gasteiger partial charge < -0.3 is 5.32 Å². The van der Waals surface area contributed by atoms with Crippen molar-refractivity contribution >= 4 is 22.2 Å². The van der Waals surface area contributed by atoms with Gasteiger partial charge in [0.1, 0.15) is 5.82 Å². The number of imidazole rings is 1. The monoisotopic (exact) mass is 379 g/mol. The second-order valence-corrected chi connectivity index (χ2v) is 7.11. The Kier molecular flexibility index (Phi) is 4.98. The molecule has 0 spiro atoms. The van der Waals surface area contributed by atoms with Gasteiger partial charge in [0.25, 0.3) is 0 Å². The summed E-state index contributed by atoms with van der Waals surface area (Å²) in [5, 5.41) is 4.86. The molecule has 6 heteroatoms. The Balaban J connectivity index is 1.39. The van der Waals surface area contributed by atoms with Crippen molar-refractivity contribution in [1.82, 2.24) is 14.7 Å². The Morgan fingerprint density at radius 1 is 1.15 bits per heavy atom. The van der Waals surface area contributed by atoms with Gasteiger partial charge in [-0.3, -0.25) is 9.20 Å². The number of rotatable bonds is 6. The molecular weight excluding hydrogens is 361 g/mol. The van der Waals surface area contributed by atoms with Crippen LogP contribution in [0.25, 0.3) is 16.2 Å². The number of nitrogens with zero attached hydrogens (tertiary/aromatic N) is 2. The molecular formula is C21H18FN3OS. The van der Waals surface area contributed by atoms with E-state index in [1.54, 1.807) is 6.07 Å². The molecule has 0 saturated carbocycles. The third-order valence-electron chi connectivity index (χ3n) is 4.32. The van der Waals surface area contributed by atoms with Crippen LogP contribution >= 0.6 is 11.3 Å². The molecule has 0 saturated heterocycles. The molecule has 0 fully saturated rings. The van der Waals surface area contributed by atoms with Crippen LogP contribution in [0.4, 0.5) is 4.39 Å². The molecule has 27 heavy (non-hydrogen) atoms. The van der Waals surface area contributed by atoms with Gasteiger partial charge in [0.15, 0.2) is 4.96 Å². The smallest absolute Gasteiger partial charge is 0.225 e. The third kappa shape index (κ3) is 4.06. The fourth-order valence-corrected chi connectivity index (χ4v) is 3.84. The summed E-state index contributed by atoms with van der Waals surface area (Å²) in [5.41, 5.74) is 3.73. The number of benzene rings is 2. The maximum absolute atomic E-state index is 13.2. The maximum atomic E-state index is 13.2. The van der Waals surface area contributed by atoms with Gasteiger partial charge in [-0.25, -0.2) is 9.37 Å². The predicted octanol–water partition coefficient (Wildman–Crippen LogP) is 4.10. The van der Waals surface area contributed by atoms with Gasteiger partial charge in [0.05, 0.1) is 12.1 Å². The molecule has 4 rings (SSSR count). The maximum Gasteiger partial charge on any atom is 0.225 e. The largest absolute Gasteiger partial charge is 0.355 e. The summed E-state index contributed by atoms with van der Waals surface area (Å²) >= 11 is 1.52. The van der Waals surface area contributed by atoms with Crippen molar-refractivity contribution in [2.45, 2.75) is 12.8 Å². The highest BCUT2D eigenvalue weighted by Gasteiger charge is 2.12. The van der Waals surface area contributed by atoms with E-state index in [1.807, 2.05) is 52.4 Å². The highest BCUT2D eigenvalue weighted by atomic mass is 32.1. The van der Waals surface area contributed by atoms with Crippen molar-refractivity contribution in [2.24, 2.45) is 0 Å². The molecule has 0 aliphatic heterocycles. The molecule has 136 valence electrons. The first-order chi connectivity index (χ1) is 13.2. The summed E-state index contributed by atoms with van der Waals surface area (Å²) < 4.78 is 15.2. The molecule has 1 amide bonds. The van der Waals surface area contributed by atoms with Crippen molar-refractivity contribution in [3.05, 3.63) is 83.2 Å². The van der Waals surface area contributed by atoms with Crippen LogP contribution in [-0.2, 0) is 17.6 Å². The van der Waals surface area contributed by atoms with Gasteiger partial charge in [0, 0.05) is 29.4 Å². The summed E-state index contributed by atoms with van der Waals surface area (Å²) in [6.45, 7) is 0.481. The second kappa shape index (κ2) is 7.72. The standard InChI is InChI=1S/C21H18FN3OS/c22-17-8-4-5-15(11-17)9-10-23-20(26)12-18-14-27-21-24-19(13-25(18)21)16-6-2-1-3-7-16/h1-8,11,13-14H,9-10,12H2,(H,23,26). The number of thiazole rings is 1.